The van der Waals surface area contributed by atoms with Gasteiger partial charge in [0.15, 0.2) is 0 Å². The molecular formula is C17H19F5NO. The number of hydrogen-bond acceptors (Lipinski definition) is 1. The molecule has 0 N–H and O–H groups in total. The first-order chi connectivity index (χ1) is 11.0. The van der Waals surface area contributed by atoms with Crippen LogP contribution in [0.15, 0.2) is 18.2 Å². The third-order valence-electron chi connectivity index (χ3n) is 5.48. The second kappa shape index (κ2) is 5.70. The summed E-state index contributed by atoms with van der Waals surface area (Å²) in [6, 6.07) is 2.87. The van der Waals surface area contributed by atoms with Crippen LogP contribution in [0.1, 0.15) is 44.7 Å². The number of nitrogens with zero attached hydrogens (tertiary/aromatic N) is 1. The summed E-state index contributed by atoms with van der Waals surface area (Å²) < 4.78 is 67.0. The van der Waals surface area contributed by atoms with Gasteiger partial charge in [-0.05, 0) is 43.5 Å². The van der Waals surface area contributed by atoms with Crippen LogP contribution in [0.4, 0.5) is 27.6 Å². The maximum Gasteiger partial charge on any atom is 0.416 e. The number of alkyl halides is 3. The molecule has 1 aliphatic rings. The zero-order valence-corrected chi connectivity index (χ0v) is 13.9. The van der Waals surface area contributed by atoms with Crippen LogP contribution in [0, 0.1) is 11.8 Å². The quantitative estimate of drug-likeness (QED) is 0.687. The molecule has 2 rings (SSSR count). The van der Waals surface area contributed by atoms with Gasteiger partial charge in [0.2, 0.25) is 5.91 Å². The lowest BCUT2D eigenvalue weighted by Gasteiger charge is -2.43. The van der Waals surface area contributed by atoms with E-state index in [0.717, 1.165) is 12.1 Å². The minimum absolute atomic E-state index is 0.00123. The number of benzene rings is 1. The molecule has 1 amide bonds. The average Bonchev–Trinajstić information content (AvgIpc) is 2.70. The number of fused-ring (bicyclic) bond motifs is 1. The van der Waals surface area contributed by atoms with E-state index in [2.05, 4.69) is 0 Å². The Kier molecular flexibility index (Phi) is 4.44. The Morgan fingerprint density at radius 1 is 1.17 bits per heavy atom. The second-order valence-corrected chi connectivity index (χ2v) is 6.27. The normalized spacial score (nSPS) is 21.6. The number of amides is 1. The zero-order chi connectivity index (χ0) is 18.5. The molecule has 1 atom stereocenters. The van der Waals surface area contributed by atoms with Crippen LogP contribution in [0.3, 0.4) is 0 Å². The highest BCUT2D eigenvalue weighted by Gasteiger charge is 2.63. The number of carbonyl (C=O) groups is 1. The van der Waals surface area contributed by atoms with Crippen molar-refractivity contribution in [2.45, 2.75) is 45.2 Å². The molecule has 1 aromatic carbocycles. The van der Waals surface area contributed by atoms with E-state index < -0.39 is 34.9 Å². The molecule has 0 aliphatic carbocycles. The summed E-state index contributed by atoms with van der Waals surface area (Å²) >= 11 is 0. The molecule has 1 aliphatic heterocycles. The van der Waals surface area contributed by atoms with Gasteiger partial charge in [-0.1, -0.05) is 13.8 Å². The molecule has 7 heteroatoms. The minimum atomic E-state index is -4.61. The standard InChI is InChI=1S/C17H19F5NO/c1-5-16(6-2,13(18)19)15(3)11-9-10(17(20,21)22)7-8-12(11)23(4)14(15)24/h7-9H,5-6H2,1-4H3. The van der Waals surface area contributed by atoms with Gasteiger partial charge in [0.1, 0.15) is 0 Å². The van der Waals surface area contributed by atoms with E-state index in [1.54, 1.807) is 0 Å². The molecule has 1 radical (unpaired) electrons. The lowest BCUT2D eigenvalue weighted by atomic mass is 9.58. The van der Waals surface area contributed by atoms with Gasteiger partial charge in [-0.25, -0.2) is 0 Å². The van der Waals surface area contributed by atoms with Gasteiger partial charge in [-0.2, -0.15) is 22.0 Å². The third kappa shape index (κ3) is 2.24. The van der Waals surface area contributed by atoms with Gasteiger partial charge in [0.05, 0.1) is 16.4 Å². The van der Waals surface area contributed by atoms with Crippen molar-refractivity contribution in [1.82, 2.24) is 0 Å². The third-order valence-corrected chi connectivity index (χ3v) is 5.48. The fourth-order valence-electron chi connectivity index (χ4n) is 3.84. The maximum atomic E-state index is 13.9. The lowest BCUT2D eigenvalue weighted by molar-refractivity contribution is -0.138. The number of rotatable bonds is 4. The van der Waals surface area contributed by atoms with Crippen molar-refractivity contribution in [3.63, 3.8) is 0 Å². The number of hydrogen-bond donors (Lipinski definition) is 0. The van der Waals surface area contributed by atoms with Crippen molar-refractivity contribution < 1.29 is 26.7 Å². The van der Waals surface area contributed by atoms with E-state index >= 15 is 0 Å². The molecular weight excluding hydrogens is 329 g/mol. The van der Waals surface area contributed by atoms with Crippen molar-refractivity contribution in [1.29, 1.82) is 0 Å². The molecule has 0 saturated carbocycles. The summed E-state index contributed by atoms with van der Waals surface area (Å²) in [5.74, 6) is -0.617. The Morgan fingerprint density at radius 2 is 1.71 bits per heavy atom. The van der Waals surface area contributed by atoms with Crippen molar-refractivity contribution in [2.75, 3.05) is 11.9 Å². The predicted molar refractivity (Wildman–Crippen MR) is 80.7 cm³/mol. The zero-order valence-electron chi connectivity index (χ0n) is 13.9. The first-order valence-corrected chi connectivity index (χ1v) is 7.65. The molecule has 1 aromatic rings. The Morgan fingerprint density at radius 3 is 2.12 bits per heavy atom. The van der Waals surface area contributed by atoms with Crippen molar-refractivity contribution in [2.24, 2.45) is 5.41 Å². The van der Waals surface area contributed by atoms with Gasteiger partial charge in [-0.15, -0.1) is 0 Å². The summed E-state index contributed by atoms with van der Waals surface area (Å²) in [4.78, 5) is 14.0. The van der Waals surface area contributed by atoms with Crippen LogP contribution >= 0.6 is 0 Å². The number of carbonyl (C=O) groups excluding carboxylic acids is 1. The second-order valence-electron chi connectivity index (χ2n) is 6.27. The molecule has 0 spiro atoms. The summed E-state index contributed by atoms with van der Waals surface area (Å²) in [5, 5.41) is 0. The van der Waals surface area contributed by atoms with Gasteiger partial charge in [0, 0.05) is 12.7 Å². The summed E-state index contributed by atoms with van der Waals surface area (Å²) in [6.07, 6.45) is -6.66. The Labute approximate surface area is 137 Å². The molecule has 0 saturated heterocycles. The van der Waals surface area contributed by atoms with E-state index in [4.69, 9.17) is 0 Å². The first-order valence-electron chi connectivity index (χ1n) is 7.65. The number of likely N-dealkylation sites (N-methyl/N-ethyl adjacent to an activating group) is 1. The van der Waals surface area contributed by atoms with Gasteiger partial charge >= 0.3 is 12.6 Å². The molecule has 0 aromatic heterocycles. The van der Waals surface area contributed by atoms with Crippen LogP contribution in [0.25, 0.3) is 0 Å². The summed E-state index contributed by atoms with van der Waals surface area (Å²) in [6.45, 7) is 4.36. The molecule has 1 heterocycles. The highest BCUT2D eigenvalue weighted by Crippen LogP contribution is 2.59. The van der Waals surface area contributed by atoms with Crippen LogP contribution in [0.2, 0.25) is 0 Å². The van der Waals surface area contributed by atoms with Crippen LogP contribution in [-0.2, 0) is 16.4 Å². The lowest BCUT2D eigenvalue weighted by Crippen LogP contribution is -2.51. The fraction of sp³-hybridized carbons (Fsp3) is 0.529. The van der Waals surface area contributed by atoms with E-state index in [1.165, 1.54) is 38.8 Å². The number of halogens is 5. The SMILES string of the molecule is CCC(CC)([C](F)F)C1(C)C(=O)N(C)c2ccc(C(F)(F)F)cc21. The molecule has 2 nitrogen and oxygen atoms in total. The smallest absolute Gasteiger partial charge is 0.314 e. The fourth-order valence-corrected chi connectivity index (χ4v) is 3.84. The van der Waals surface area contributed by atoms with E-state index in [1.807, 2.05) is 0 Å². The van der Waals surface area contributed by atoms with Gasteiger partial charge in [0.25, 0.3) is 0 Å². The number of anilines is 1. The Bertz CT molecular complexity index is 651. The van der Waals surface area contributed by atoms with Crippen LogP contribution in [-0.4, -0.2) is 13.0 Å². The van der Waals surface area contributed by atoms with E-state index in [-0.39, 0.29) is 24.1 Å². The minimum Gasteiger partial charge on any atom is -0.314 e. The average molecular weight is 348 g/mol. The highest BCUT2D eigenvalue weighted by atomic mass is 19.4. The highest BCUT2D eigenvalue weighted by molar-refractivity contribution is 6.08. The summed E-state index contributed by atoms with van der Waals surface area (Å²) in [5.41, 5.74) is -4.27. The van der Waals surface area contributed by atoms with E-state index in [9.17, 15) is 26.7 Å². The Balaban J connectivity index is 2.80. The molecule has 0 fully saturated rings. The summed E-state index contributed by atoms with van der Waals surface area (Å²) in [7, 11) is 1.39. The maximum absolute atomic E-state index is 13.9. The predicted octanol–water partition coefficient (Wildman–Crippen LogP) is 5.17. The topological polar surface area (TPSA) is 20.3 Å². The van der Waals surface area contributed by atoms with Crippen LogP contribution < -0.4 is 4.90 Å². The van der Waals surface area contributed by atoms with Crippen LogP contribution in [0.5, 0.6) is 0 Å². The van der Waals surface area contributed by atoms with Crippen molar-refractivity contribution >= 4 is 11.6 Å². The first kappa shape index (κ1) is 18.7. The van der Waals surface area contributed by atoms with Crippen molar-refractivity contribution in [3.8, 4) is 0 Å². The van der Waals surface area contributed by atoms with Gasteiger partial charge < -0.3 is 4.90 Å². The monoisotopic (exact) mass is 348 g/mol. The molecule has 0 bridgehead atoms. The largest absolute Gasteiger partial charge is 0.416 e. The molecule has 1 unspecified atom stereocenters. The Hall–Kier alpha value is -1.66. The molecule has 24 heavy (non-hydrogen) atoms. The van der Waals surface area contributed by atoms with E-state index in [0.29, 0.717) is 0 Å². The van der Waals surface area contributed by atoms with Gasteiger partial charge in [-0.3, -0.25) is 4.79 Å². The van der Waals surface area contributed by atoms with Crippen molar-refractivity contribution in [3.05, 3.63) is 35.8 Å². The molecule has 133 valence electrons.